The third-order valence-corrected chi connectivity index (χ3v) is 3.06. The van der Waals surface area contributed by atoms with Crippen molar-refractivity contribution in [3.63, 3.8) is 0 Å². The summed E-state index contributed by atoms with van der Waals surface area (Å²) in [5.41, 5.74) is 2.00. The van der Waals surface area contributed by atoms with Crippen molar-refractivity contribution >= 4 is 0 Å². The lowest BCUT2D eigenvalue weighted by atomic mass is 9.90. The monoisotopic (exact) mass is 222 g/mol. The van der Waals surface area contributed by atoms with Crippen molar-refractivity contribution in [1.29, 1.82) is 0 Å². The molecule has 0 amide bonds. The lowest BCUT2D eigenvalue weighted by Gasteiger charge is -2.27. The van der Waals surface area contributed by atoms with Crippen LogP contribution in [-0.2, 0) is 6.54 Å². The molecule has 1 aliphatic rings. The van der Waals surface area contributed by atoms with E-state index >= 15 is 0 Å². The van der Waals surface area contributed by atoms with Gasteiger partial charge >= 0.3 is 0 Å². The van der Waals surface area contributed by atoms with Gasteiger partial charge in [-0.1, -0.05) is 26.0 Å². The fourth-order valence-corrected chi connectivity index (χ4v) is 2.19. The van der Waals surface area contributed by atoms with E-state index in [9.17, 15) is 4.39 Å². The molecule has 0 saturated heterocycles. The lowest BCUT2D eigenvalue weighted by Crippen LogP contribution is -2.37. The molecule has 0 fully saturated rings. The van der Waals surface area contributed by atoms with Crippen LogP contribution in [0.5, 0.6) is 0 Å². The summed E-state index contributed by atoms with van der Waals surface area (Å²) in [5.74, 6) is 0.293. The van der Waals surface area contributed by atoms with E-state index in [4.69, 9.17) is 0 Å². The lowest BCUT2D eigenvalue weighted by molar-refractivity contribution is 0.465. The third kappa shape index (κ3) is 2.42. The Labute approximate surface area is 96.2 Å². The predicted molar refractivity (Wildman–Crippen MR) is 64.0 cm³/mol. The highest BCUT2D eigenvalue weighted by Crippen LogP contribution is 2.25. The number of rotatable bonds is 3. The van der Waals surface area contributed by atoms with E-state index in [0.717, 1.165) is 24.2 Å². The minimum absolute atomic E-state index is 0.0840. The summed E-state index contributed by atoms with van der Waals surface area (Å²) in [4.78, 5) is 0. The molecule has 1 aliphatic heterocycles. The van der Waals surface area contributed by atoms with Crippen LogP contribution in [0.1, 0.15) is 30.9 Å². The Hall–Kier alpha value is -0.930. The standard InChI is InChI=1S/C13H19FN2/c1-9(2)16-7-10-6-15-8-12-11(10)4-3-5-13(12)14/h3-5,9-10,15-16H,6-8H2,1-2H3. The van der Waals surface area contributed by atoms with Gasteiger partial charge in [0.2, 0.25) is 0 Å². The molecule has 2 N–H and O–H groups in total. The molecule has 1 unspecified atom stereocenters. The van der Waals surface area contributed by atoms with E-state index in [-0.39, 0.29) is 5.82 Å². The maximum absolute atomic E-state index is 13.6. The molecule has 1 aromatic carbocycles. The summed E-state index contributed by atoms with van der Waals surface area (Å²) >= 11 is 0. The Morgan fingerprint density at radius 2 is 2.31 bits per heavy atom. The fraction of sp³-hybridized carbons (Fsp3) is 0.538. The van der Waals surface area contributed by atoms with Crippen LogP contribution in [-0.4, -0.2) is 19.1 Å². The molecule has 1 heterocycles. The Balaban J connectivity index is 2.16. The highest BCUT2D eigenvalue weighted by molar-refractivity contribution is 5.34. The Morgan fingerprint density at radius 3 is 3.06 bits per heavy atom. The molecule has 0 bridgehead atoms. The van der Waals surface area contributed by atoms with E-state index in [1.165, 1.54) is 0 Å². The van der Waals surface area contributed by atoms with Gasteiger partial charge in [0.15, 0.2) is 0 Å². The maximum Gasteiger partial charge on any atom is 0.127 e. The number of fused-ring (bicyclic) bond motifs is 1. The van der Waals surface area contributed by atoms with Gasteiger partial charge in [-0.3, -0.25) is 0 Å². The normalized spacial score (nSPS) is 19.9. The second-order valence-corrected chi connectivity index (χ2v) is 4.70. The average molecular weight is 222 g/mol. The molecule has 0 aromatic heterocycles. The number of nitrogens with one attached hydrogen (secondary N) is 2. The van der Waals surface area contributed by atoms with Crippen LogP contribution in [0.4, 0.5) is 4.39 Å². The second-order valence-electron chi connectivity index (χ2n) is 4.70. The SMILES string of the molecule is CC(C)NCC1CNCc2c(F)cccc21. The molecule has 16 heavy (non-hydrogen) atoms. The summed E-state index contributed by atoms with van der Waals surface area (Å²) in [6.07, 6.45) is 0. The van der Waals surface area contributed by atoms with Gasteiger partial charge in [0, 0.05) is 37.2 Å². The van der Waals surface area contributed by atoms with Crippen LogP contribution in [0.3, 0.4) is 0 Å². The summed E-state index contributed by atoms with van der Waals surface area (Å²) in [6, 6.07) is 5.87. The van der Waals surface area contributed by atoms with Crippen molar-refractivity contribution in [3.05, 3.63) is 35.1 Å². The Morgan fingerprint density at radius 1 is 1.50 bits per heavy atom. The highest BCUT2D eigenvalue weighted by Gasteiger charge is 2.21. The van der Waals surface area contributed by atoms with Crippen molar-refractivity contribution in [2.24, 2.45) is 0 Å². The largest absolute Gasteiger partial charge is 0.314 e. The molecule has 2 rings (SSSR count). The van der Waals surface area contributed by atoms with Gasteiger partial charge in [0.1, 0.15) is 5.82 Å². The van der Waals surface area contributed by atoms with Crippen molar-refractivity contribution in [2.75, 3.05) is 13.1 Å². The quantitative estimate of drug-likeness (QED) is 0.817. The van der Waals surface area contributed by atoms with Crippen LogP contribution in [0, 0.1) is 5.82 Å². The second kappa shape index (κ2) is 4.93. The van der Waals surface area contributed by atoms with Crippen molar-refractivity contribution in [1.82, 2.24) is 10.6 Å². The molecule has 88 valence electrons. The minimum atomic E-state index is -0.0840. The van der Waals surface area contributed by atoms with Gasteiger partial charge in [-0.2, -0.15) is 0 Å². The zero-order valence-corrected chi connectivity index (χ0v) is 9.89. The van der Waals surface area contributed by atoms with Crippen molar-refractivity contribution in [2.45, 2.75) is 32.4 Å². The first-order chi connectivity index (χ1) is 7.68. The smallest absolute Gasteiger partial charge is 0.127 e. The van der Waals surface area contributed by atoms with Gasteiger partial charge < -0.3 is 10.6 Å². The van der Waals surface area contributed by atoms with Gasteiger partial charge in [-0.15, -0.1) is 0 Å². The minimum Gasteiger partial charge on any atom is -0.314 e. The highest BCUT2D eigenvalue weighted by atomic mass is 19.1. The van der Waals surface area contributed by atoms with E-state index in [1.54, 1.807) is 6.07 Å². The molecule has 3 heteroatoms. The van der Waals surface area contributed by atoms with E-state index in [0.29, 0.717) is 18.5 Å². The zero-order valence-electron chi connectivity index (χ0n) is 9.89. The topological polar surface area (TPSA) is 24.1 Å². The van der Waals surface area contributed by atoms with E-state index in [1.807, 2.05) is 12.1 Å². The first-order valence-corrected chi connectivity index (χ1v) is 5.90. The summed E-state index contributed by atoms with van der Waals surface area (Å²) in [6.45, 7) is 6.74. The van der Waals surface area contributed by atoms with Gasteiger partial charge in [0.25, 0.3) is 0 Å². The molecule has 0 aliphatic carbocycles. The molecule has 1 aromatic rings. The van der Waals surface area contributed by atoms with Gasteiger partial charge in [-0.05, 0) is 11.6 Å². The van der Waals surface area contributed by atoms with Gasteiger partial charge in [0.05, 0.1) is 0 Å². The van der Waals surface area contributed by atoms with E-state index < -0.39 is 0 Å². The number of benzene rings is 1. The molecule has 0 spiro atoms. The Kier molecular flexibility index (Phi) is 3.56. The van der Waals surface area contributed by atoms with Crippen molar-refractivity contribution < 1.29 is 4.39 Å². The molecular formula is C13H19FN2. The van der Waals surface area contributed by atoms with Crippen LogP contribution >= 0.6 is 0 Å². The van der Waals surface area contributed by atoms with Crippen LogP contribution < -0.4 is 10.6 Å². The maximum atomic E-state index is 13.6. The number of hydrogen-bond acceptors (Lipinski definition) is 2. The average Bonchev–Trinajstić information content (AvgIpc) is 2.27. The molecular weight excluding hydrogens is 203 g/mol. The van der Waals surface area contributed by atoms with E-state index in [2.05, 4.69) is 24.5 Å². The Bertz CT molecular complexity index is 363. The molecule has 0 saturated carbocycles. The first-order valence-electron chi connectivity index (χ1n) is 5.90. The van der Waals surface area contributed by atoms with Crippen LogP contribution in [0.15, 0.2) is 18.2 Å². The van der Waals surface area contributed by atoms with Crippen molar-refractivity contribution in [3.8, 4) is 0 Å². The fourth-order valence-electron chi connectivity index (χ4n) is 2.19. The van der Waals surface area contributed by atoms with Crippen LogP contribution in [0.2, 0.25) is 0 Å². The number of hydrogen-bond donors (Lipinski definition) is 2. The molecule has 1 atom stereocenters. The predicted octanol–water partition coefficient (Wildman–Crippen LogP) is 2.01. The summed E-state index contributed by atoms with van der Waals surface area (Å²) < 4.78 is 13.6. The zero-order chi connectivity index (χ0) is 11.5. The summed E-state index contributed by atoms with van der Waals surface area (Å²) in [7, 11) is 0. The first kappa shape index (κ1) is 11.6. The molecule has 0 radical (unpaired) electrons. The number of halogens is 1. The summed E-state index contributed by atoms with van der Waals surface area (Å²) in [5, 5.41) is 6.69. The molecule has 2 nitrogen and oxygen atoms in total. The third-order valence-electron chi connectivity index (χ3n) is 3.06. The van der Waals surface area contributed by atoms with Gasteiger partial charge in [-0.25, -0.2) is 4.39 Å². The van der Waals surface area contributed by atoms with Crippen LogP contribution in [0.25, 0.3) is 0 Å².